The van der Waals surface area contributed by atoms with Gasteiger partial charge in [-0.15, -0.1) is 0 Å². The number of benzene rings is 4. The van der Waals surface area contributed by atoms with Gasteiger partial charge in [-0.2, -0.15) is 9.97 Å². The summed E-state index contributed by atoms with van der Waals surface area (Å²) in [5, 5.41) is 0. The highest BCUT2D eigenvalue weighted by molar-refractivity contribution is 6.12. The molecule has 0 radical (unpaired) electrons. The second-order valence-corrected chi connectivity index (χ2v) is 13.6. The van der Waals surface area contributed by atoms with E-state index >= 15 is 0 Å². The topological polar surface area (TPSA) is 210 Å². The van der Waals surface area contributed by atoms with Crippen LogP contribution in [0.2, 0.25) is 0 Å². The molecular weight excluding hydrogens is 721 g/mol. The summed E-state index contributed by atoms with van der Waals surface area (Å²) < 4.78 is 21.9. The molecule has 2 heterocycles. The van der Waals surface area contributed by atoms with Crippen LogP contribution in [0.15, 0.2) is 97.3 Å². The molecule has 0 aliphatic rings. The van der Waals surface area contributed by atoms with Crippen LogP contribution in [0.25, 0.3) is 0 Å². The van der Waals surface area contributed by atoms with E-state index in [1.807, 2.05) is 36.4 Å². The maximum absolute atomic E-state index is 13.3. The average Bonchev–Trinajstić information content (AvgIpc) is 3.21. The summed E-state index contributed by atoms with van der Waals surface area (Å²) >= 11 is 0. The maximum atomic E-state index is 13.3. The lowest BCUT2D eigenvalue weighted by Gasteiger charge is -2.20. The fourth-order valence-electron chi connectivity index (χ4n) is 6.71. The number of hydrogen-bond donors (Lipinski definition) is 4. The molecule has 6 rings (SSSR count). The minimum absolute atomic E-state index is 0.0176. The molecule has 0 saturated carbocycles. The number of carbonyl (C=O) groups excluding carboxylic acids is 1. The van der Waals surface area contributed by atoms with Crippen LogP contribution in [-0.2, 0) is 19.3 Å². The van der Waals surface area contributed by atoms with Crippen molar-refractivity contribution in [1.82, 2.24) is 19.9 Å². The van der Waals surface area contributed by atoms with Crippen molar-refractivity contribution in [2.24, 2.45) is 0 Å². The zero-order chi connectivity index (χ0) is 41.1. The Labute approximate surface area is 333 Å². The van der Waals surface area contributed by atoms with E-state index in [4.69, 9.17) is 41.9 Å². The molecule has 2 aromatic heterocycles. The van der Waals surface area contributed by atoms with Gasteiger partial charge in [0, 0.05) is 29.9 Å². The lowest BCUT2D eigenvalue weighted by molar-refractivity contribution is 0.103. The van der Waals surface area contributed by atoms with Crippen molar-refractivity contribution in [1.29, 1.82) is 0 Å². The number of methoxy groups -OCH3 is 4. The van der Waals surface area contributed by atoms with Crippen LogP contribution in [-0.4, -0.2) is 54.2 Å². The van der Waals surface area contributed by atoms with E-state index in [2.05, 4.69) is 76.2 Å². The van der Waals surface area contributed by atoms with Gasteiger partial charge in [-0.25, -0.2) is 9.97 Å². The van der Waals surface area contributed by atoms with Crippen molar-refractivity contribution in [3.8, 4) is 23.0 Å². The Bertz CT molecular complexity index is 2290. The largest absolute Gasteiger partial charge is 0.493 e. The zero-order valence-corrected chi connectivity index (χ0v) is 33.2. The van der Waals surface area contributed by atoms with Gasteiger partial charge in [0.05, 0.1) is 34.0 Å². The molecule has 0 bridgehead atoms. The molecule has 6 aromatic rings. The van der Waals surface area contributed by atoms with E-state index in [0.717, 1.165) is 29.5 Å². The molecule has 57 heavy (non-hydrogen) atoms. The van der Waals surface area contributed by atoms with Crippen molar-refractivity contribution >= 4 is 29.3 Å². The molecule has 4 aromatic carbocycles. The number of rotatable bonds is 14. The van der Waals surface area contributed by atoms with Gasteiger partial charge in [0.2, 0.25) is 11.9 Å². The number of nitrogens with two attached hydrogens (primary N) is 4. The number of anilines is 4. The number of nitrogen functional groups attached to an aromatic ring is 4. The van der Waals surface area contributed by atoms with E-state index in [9.17, 15) is 4.79 Å². The van der Waals surface area contributed by atoms with E-state index in [1.165, 1.54) is 30.0 Å². The summed E-state index contributed by atoms with van der Waals surface area (Å²) in [5.41, 5.74) is 30.2. The van der Waals surface area contributed by atoms with Gasteiger partial charge < -0.3 is 41.9 Å². The van der Waals surface area contributed by atoms with Crippen LogP contribution < -0.4 is 41.9 Å². The first-order chi connectivity index (χ1) is 27.5. The highest BCUT2D eigenvalue weighted by Crippen LogP contribution is 2.38. The predicted octanol–water partition coefficient (Wildman–Crippen LogP) is 6.83. The summed E-state index contributed by atoms with van der Waals surface area (Å²) in [6.45, 7) is 4.27. The Balaban J connectivity index is 0.000000218. The van der Waals surface area contributed by atoms with Crippen molar-refractivity contribution < 1.29 is 23.7 Å². The minimum Gasteiger partial charge on any atom is -0.493 e. The van der Waals surface area contributed by atoms with Crippen LogP contribution in [0.1, 0.15) is 75.0 Å². The van der Waals surface area contributed by atoms with Gasteiger partial charge in [-0.05, 0) is 76.8 Å². The molecule has 0 spiro atoms. The average molecular weight is 771 g/mol. The number of aromatic nitrogens is 4. The Morgan fingerprint density at radius 2 is 1.02 bits per heavy atom. The number of carbonyl (C=O) groups is 1. The van der Waals surface area contributed by atoms with Gasteiger partial charge in [-0.1, -0.05) is 74.5 Å². The first kappa shape index (κ1) is 41.3. The van der Waals surface area contributed by atoms with Crippen molar-refractivity contribution in [3.05, 3.63) is 142 Å². The zero-order valence-electron chi connectivity index (χ0n) is 33.2. The molecule has 8 N–H and O–H groups in total. The molecule has 0 aliphatic carbocycles. The second kappa shape index (κ2) is 19.1. The second-order valence-electron chi connectivity index (χ2n) is 13.6. The molecule has 0 saturated heterocycles. The predicted molar refractivity (Wildman–Crippen MR) is 224 cm³/mol. The lowest BCUT2D eigenvalue weighted by Crippen LogP contribution is -2.14. The van der Waals surface area contributed by atoms with Gasteiger partial charge in [0.25, 0.3) is 0 Å². The van der Waals surface area contributed by atoms with E-state index < -0.39 is 0 Å². The van der Waals surface area contributed by atoms with Crippen LogP contribution >= 0.6 is 0 Å². The number of ketones is 1. The standard InChI is InChI=1S/C22H24N4O3.C22H26N4O2/c1-13(9-14-7-5-4-6-8-14)15-10-18(28-2)19(29-3)11-16(15)20(27)17-12-25-22(24)26-21(17)23;1-14(9-15-7-5-4-6-8-15)18-12-20(28-3)19(27-2)11-16(18)10-17-13-25-22(24)26-21(17)23/h4-8,10-13H,9H2,1-3H3,(H4,23,24,25,26);4-8,11-14H,9-10H2,1-3H3,(H4,23,24,25,26). The molecule has 2 unspecified atom stereocenters. The lowest BCUT2D eigenvalue weighted by atomic mass is 9.87. The first-order valence-corrected chi connectivity index (χ1v) is 18.3. The number of ether oxygens (including phenoxy) is 4. The molecule has 2 atom stereocenters. The van der Waals surface area contributed by atoms with E-state index in [-0.39, 0.29) is 40.9 Å². The van der Waals surface area contributed by atoms with Gasteiger partial charge >= 0.3 is 0 Å². The normalized spacial score (nSPS) is 11.8. The quantitative estimate of drug-likeness (QED) is 0.0838. The Morgan fingerprint density at radius 3 is 1.53 bits per heavy atom. The first-order valence-electron chi connectivity index (χ1n) is 18.3. The Morgan fingerprint density at radius 1 is 0.561 bits per heavy atom. The summed E-state index contributed by atoms with van der Waals surface area (Å²) in [5.74, 6) is 3.05. The highest BCUT2D eigenvalue weighted by Gasteiger charge is 2.24. The molecule has 0 fully saturated rings. The fourth-order valence-corrected chi connectivity index (χ4v) is 6.71. The van der Waals surface area contributed by atoms with Gasteiger partial charge in [-0.3, -0.25) is 4.79 Å². The third-order valence-electron chi connectivity index (χ3n) is 9.66. The van der Waals surface area contributed by atoms with Crippen LogP contribution in [0, 0.1) is 0 Å². The summed E-state index contributed by atoms with van der Waals surface area (Å²) in [4.78, 5) is 29.3. The Kier molecular flexibility index (Phi) is 13.8. The number of nitrogens with zero attached hydrogens (tertiary/aromatic N) is 4. The van der Waals surface area contributed by atoms with Crippen molar-refractivity contribution in [3.63, 3.8) is 0 Å². The molecule has 0 aliphatic heterocycles. The van der Waals surface area contributed by atoms with Crippen LogP contribution in [0.3, 0.4) is 0 Å². The molecule has 13 heteroatoms. The van der Waals surface area contributed by atoms with Crippen molar-refractivity contribution in [2.45, 2.75) is 44.9 Å². The molecule has 0 amide bonds. The monoisotopic (exact) mass is 770 g/mol. The van der Waals surface area contributed by atoms with Crippen molar-refractivity contribution in [2.75, 3.05) is 51.4 Å². The number of hydrogen-bond acceptors (Lipinski definition) is 13. The summed E-state index contributed by atoms with van der Waals surface area (Å²) in [7, 11) is 6.38. The maximum Gasteiger partial charge on any atom is 0.221 e. The summed E-state index contributed by atoms with van der Waals surface area (Å²) in [6.07, 6.45) is 5.28. The Hall–Kier alpha value is -6.89. The van der Waals surface area contributed by atoms with Gasteiger partial charge in [0.15, 0.2) is 28.8 Å². The minimum atomic E-state index is -0.293. The third kappa shape index (κ3) is 10.3. The fraction of sp³-hybridized carbons (Fsp3) is 0.250. The van der Waals surface area contributed by atoms with Crippen LogP contribution in [0.5, 0.6) is 23.0 Å². The third-order valence-corrected chi connectivity index (χ3v) is 9.66. The van der Waals surface area contributed by atoms with Gasteiger partial charge in [0.1, 0.15) is 11.6 Å². The highest BCUT2D eigenvalue weighted by atomic mass is 16.5. The SMILES string of the molecule is COc1cc(C(=O)c2cnc(N)nc2N)c(C(C)Cc2ccccc2)cc1OC.COc1cc(Cc2cnc(N)nc2N)c(C(C)Cc2ccccc2)cc1OC. The van der Waals surface area contributed by atoms with E-state index in [0.29, 0.717) is 40.8 Å². The molecule has 13 nitrogen and oxygen atoms in total. The van der Waals surface area contributed by atoms with Crippen LogP contribution in [0.4, 0.5) is 23.5 Å². The summed E-state index contributed by atoms with van der Waals surface area (Å²) in [6, 6.07) is 28.1. The molecule has 296 valence electrons. The van der Waals surface area contributed by atoms with E-state index in [1.54, 1.807) is 33.6 Å². The smallest absolute Gasteiger partial charge is 0.221 e. The molecular formula is C44H50N8O5.